The van der Waals surface area contributed by atoms with Crippen LogP contribution >= 0.6 is 0 Å². The molecule has 0 unspecified atom stereocenters. The van der Waals surface area contributed by atoms with Gasteiger partial charge >= 0.3 is 0 Å². The van der Waals surface area contributed by atoms with E-state index in [0.717, 1.165) is 6.42 Å². The molecule has 1 aliphatic heterocycles. The van der Waals surface area contributed by atoms with Crippen molar-refractivity contribution in [1.29, 1.82) is 0 Å². The molecule has 0 radical (unpaired) electrons. The Morgan fingerprint density at radius 2 is 1.62 bits per heavy atom. The van der Waals surface area contributed by atoms with Crippen LogP contribution in [0.15, 0.2) is 0 Å². The molecule has 0 atom stereocenters. The fourth-order valence-electron chi connectivity index (χ4n) is 3.42. The molecule has 0 amide bonds. The molecule has 1 N–H and O–H groups in total. The van der Waals surface area contributed by atoms with Crippen LogP contribution in [-0.2, 0) is 0 Å². The van der Waals surface area contributed by atoms with Gasteiger partial charge in [0.2, 0.25) is 0 Å². The number of aliphatic hydroxyl groups excluding tert-OH is 1. The Hall–Kier alpha value is -0.120. The van der Waals surface area contributed by atoms with E-state index in [-0.39, 0.29) is 0 Å². The zero-order valence-electron chi connectivity index (χ0n) is 10.6. The van der Waals surface area contributed by atoms with Crippen molar-refractivity contribution in [2.75, 3.05) is 39.8 Å². The Morgan fingerprint density at radius 3 is 2.19 bits per heavy atom. The van der Waals surface area contributed by atoms with Crippen molar-refractivity contribution in [2.45, 2.75) is 44.1 Å². The summed E-state index contributed by atoms with van der Waals surface area (Å²) in [5, 5.41) is 9.33. The summed E-state index contributed by atoms with van der Waals surface area (Å²) in [6, 6.07) is 0. The van der Waals surface area contributed by atoms with Crippen molar-refractivity contribution in [1.82, 2.24) is 9.80 Å². The molecule has 0 aromatic heterocycles. The lowest BCUT2D eigenvalue weighted by molar-refractivity contribution is -0.00224. The molecule has 1 saturated carbocycles. The first kappa shape index (κ1) is 12.3. The molecule has 2 rings (SSSR count). The van der Waals surface area contributed by atoms with E-state index < -0.39 is 0 Å². The van der Waals surface area contributed by atoms with Crippen molar-refractivity contribution >= 4 is 0 Å². The summed E-state index contributed by atoms with van der Waals surface area (Å²) in [6.45, 7) is 5.11. The Balaban J connectivity index is 2.00. The SMILES string of the molecule is CN1CCN(C2(CCO)CCCCC2)CC1. The monoisotopic (exact) mass is 226 g/mol. The van der Waals surface area contributed by atoms with Crippen LogP contribution in [0.25, 0.3) is 0 Å². The van der Waals surface area contributed by atoms with Crippen LogP contribution in [0.3, 0.4) is 0 Å². The van der Waals surface area contributed by atoms with Crippen LogP contribution in [0.1, 0.15) is 38.5 Å². The molecular formula is C13H26N2O. The normalized spacial score (nSPS) is 28.1. The molecule has 2 aliphatic rings. The molecule has 0 spiro atoms. The second-order valence-corrected chi connectivity index (χ2v) is 5.55. The van der Waals surface area contributed by atoms with Gasteiger partial charge in [0.05, 0.1) is 0 Å². The molecule has 0 bridgehead atoms. The van der Waals surface area contributed by atoms with Crippen molar-refractivity contribution in [3.63, 3.8) is 0 Å². The van der Waals surface area contributed by atoms with Crippen LogP contribution in [0.2, 0.25) is 0 Å². The van der Waals surface area contributed by atoms with E-state index in [1.807, 2.05) is 0 Å². The fraction of sp³-hybridized carbons (Fsp3) is 1.00. The summed E-state index contributed by atoms with van der Waals surface area (Å²) < 4.78 is 0. The Morgan fingerprint density at radius 1 is 1.00 bits per heavy atom. The smallest absolute Gasteiger partial charge is 0.0448 e. The lowest BCUT2D eigenvalue weighted by Gasteiger charge is -2.49. The first-order valence-electron chi connectivity index (χ1n) is 6.81. The van der Waals surface area contributed by atoms with E-state index in [0.29, 0.717) is 12.1 Å². The van der Waals surface area contributed by atoms with Crippen molar-refractivity contribution in [2.24, 2.45) is 0 Å². The van der Waals surface area contributed by atoms with Crippen molar-refractivity contribution in [3.8, 4) is 0 Å². The highest BCUT2D eigenvalue weighted by molar-refractivity contribution is 4.94. The van der Waals surface area contributed by atoms with Gasteiger partial charge in [-0.2, -0.15) is 0 Å². The van der Waals surface area contributed by atoms with E-state index in [9.17, 15) is 5.11 Å². The van der Waals surface area contributed by atoms with E-state index >= 15 is 0 Å². The predicted octanol–water partition coefficient (Wildman–Crippen LogP) is 1.32. The number of aliphatic hydroxyl groups is 1. The fourth-order valence-corrected chi connectivity index (χ4v) is 3.42. The van der Waals surface area contributed by atoms with Gasteiger partial charge in [-0.25, -0.2) is 0 Å². The van der Waals surface area contributed by atoms with Crippen LogP contribution in [0, 0.1) is 0 Å². The molecule has 0 aromatic carbocycles. The van der Waals surface area contributed by atoms with Gasteiger partial charge in [0.25, 0.3) is 0 Å². The van der Waals surface area contributed by atoms with Gasteiger partial charge in [0, 0.05) is 38.3 Å². The van der Waals surface area contributed by atoms with Crippen LogP contribution in [0.5, 0.6) is 0 Å². The number of rotatable bonds is 3. The Bertz CT molecular complexity index is 200. The average molecular weight is 226 g/mol. The van der Waals surface area contributed by atoms with Gasteiger partial charge in [-0.15, -0.1) is 0 Å². The number of nitrogens with zero attached hydrogens (tertiary/aromatic N) is 2. The molecule has 1 heterocycles. The molecule has 3 nitrogen and oxygen atoms in total. The molecule has 3 heteroatoms. The standard InChI is InChI=1S/C13H26N2O/c1-14-8-10-15(11-9-14)13(7-12-16)5-3-2-4-6-13/h16H,2-12H2,1H3. The number of hydrogen-bond acceptors (Lipinski definition) is 3. The van der Waals surface area contributed by atoms with Crippen LogP contribution in [0.4, 0.5) is 0 Å². The molecule has 16 heavy (non-hydrogen) atoms. The molecule has 94 valence electrons. The van der Waals surface area contributed by atoms with Crippen LogP contribution < -0.4 is 0 Å². The Kier molecular flexibility index (Phi) is 4.22. The third-order valence-electron chi connectivity index (χ3n) is 4.54. The van der Waals surface area contributed by atoms with Gasteiger partial charge in [-0.05, 0) is 26.3 Å². The third kappa shape index (κ3) is 2.58. The maximum absolute atomic E-state index is 9.33. The Labute approximate surface area is 99.4 Å². The minimum absolute atomic E-state index is 0.342. The molecule has 2 fully saturated rings. The molecular weight excluding hydrogens is 200 g/mol. The van der Waals surface area contributed by atoms with Crippen LogP contribution in [-0.4, -0.2) is 60.3 Å². The van der Waals surface area contributed by atoms with Gasteiger partial charge in [0.1, 0.15) is 0 Å². The second kappa shape index (κ2) is 5.48. The number of hydrogen-bond donors (Lipinski definition) is 1. The highest BCUT2D eigenvalue weighted by Crippen LogP contribution is 2.36. The lowest BCUT2D eigenvalue weighted by atomic mass is 9.77. The first-order valence-corrected chi connectivity index (χ1v) is 6.81. The van der Waals surface area contributed by atoms with Gasteiger partial charge < -0.3 is 10.0 Å². The predicted molar refractivity (Wildman–Crippen MR) is 66.6 cm³/mol. The molecule has 1 saturated heterocycles. The summed E-state index contributed by atoms with van der Waals surface area (Å²) >= 11 is 0. The lowest BCUT2D eigenvalue weighted by Crippen LogP contribution is -2.57. The van der Waals surface area contributed by atoms with E-state index in [1.165, 1.54) is 58.3 Å². The topological polar surface area (TPSA) is 26.7 Å². The van der Waals surface area contributed by atoms with E-state index in [4.69, 9.17) is 0 Å². The first-order chi connectivity index (χ1) is 7.77. The summed E-state index contributed by atoms with van der Waals surface area (Å²) in [4.78, 5) is 5.08. The maximum atomic E-state index is 9.33. The van der Waals surface area contributed by atoms with Crippen molar-refractivity contribution in [3.05, 3.63) is 0 Å². The quantitative estimate of drug-likeness (QED) is 0.786. The van der Waals surface area contributed by atoms with Crippen molar-refractivity contribution < 1.29 is 5.11 Å². The summed E-state index contributed by atoms with van der Waals surface area (Å²) in [5.74, 6) is 0. The highest BCUT2D eigenvalue weighted by atomic mass is 16.3. The van der Waals surface area contributed by atoms with Gasteiger partial charge in [-0.1, -0.05) is 19.3 Å². The average Bonchev–Trinajstić information content (AvgIpc) is 2.31. The van der Waals surface area contributed by atoms with E-state index in [2.05, 4.69) is 16.8 Å². The minimum atomic E-state index is 0.342. The van der Waals surface area contributed by atoms with Gasteiger partial charge in [0.15, 0.2) is 0 Å². The molecule has 0 aromatic rings. The highest BCUT2D eigenvalue weighted by Gasteiger charge is 2.38. The summed E-state index contributed by atoms with van der Waals surface area (Å²) in [5.41, 5.74) is 0.342. The van der Waals surface area contributed by atoms with Gasteiger partial charge in [-0.3, -0.25) is 4.90 Å². The number of piperazine rings is 1. The third-order valence-corrected chi connectivity index (χ3v) is 4.54. The van der Waals surface area contributed by atoms with E-state index in [1.54, 1.807) is 0 Å². The summed E-state index contributed by atoms with van der Waals surface area (Å²) in [7, 11) is 2.21. The second-order valence-electron chi connectivity index (χ2n) is 5.55. The minimum Gasteiger partial charge on any atom is -0.396 e. The maximum Gasteiger partial charge on any atom is 0.0448 e. The zero-order chi connectivity index (χ0) is 11.4. The summed E-state index contributed by atoms with van der Waals surface area (Å²) in [6.07, 6.45) is 7.69. The zero-order valence-corrected chi connectivity index (χ0v) is 10.6. The number of likely N-dealkylation sites (N-methyl/N-ethyl adjacent to an activating group) is 1. The largest absolute Gasteiger partial charge is 0.396 e. The molecule has 1 aliphatic carbocycles.